The normalized spacial score (nSPS) is 11.8. The number of thiazole rings is 1. The van der Waals surface area contributed by atoms with Crippen LogP contribution >= 0.6 is 22.7 Å². The zero-order valence-corrected chi connectivity index (χ0v) is 21.2. The first-order valence-electron chi connectivity index (χ1n) is 11.2. The highest BCUT2D eigenvalue weighted by atomic mass is 32.1. The molecule has 0 unspecified atom stereocenters. The van der Waals surface area contributed by atoms with E-state index >= 15 is 0 Å². The molecule has 4 heterocycles. The fourth-order valence-corrected chi connectivity index (χ4v) is 5.28. The molecule has 0 radical (unpaired) electrons. The number of fused-ring (bicyclic) bond motifs is 2. The largest absolute Gasteiger partial charge is 0.394 e. The van der Waals surface area contributed by atoms with Crippen LogP contribution in [0.5, 0.6) is 0 Å². The number of hydrogen-bond acceptors (Lipinski definition) is 8. The average Bonchev–Trinajstić information content (AvgIpc) is 3.58. The summed E-state index contributed by atoms with van der Waals surface area (Å²) in [5, 5.41) is 19.7. The fourth-order valence-electron chi connectivity index (χ4n) is 3.84. The lowest BCUT2D eigenvalue weighted by Gasteiger charge is -2.23. The number of nitrogens with one attached hydrogen (secondary N) is 2. The van der Waals surface area contributed by atoms with E-state index in [1.807, 2.05) is 35.0 Å². The highest BCUT2D eigenvalue weighted by Gasteiger charge is 2.27. The quantitative estimate of drug-likeness (QED) is 0.259. The van der Waals surface area contributed by atoms with Gasteiger partial charge in [0.1, 0.15) is 11.4 Å². The lowest BCUT2D eigenvalue weighted by Crippen LogP contribution is -2.46. The van der Waals surface area contributed by atoms with Gasteiger partial charge < -0.3 is 21.5 Å². The molecule has 0 spiro atoms. The van der Waals surface area contributed by atoms with Gasteiger partial charge >= 0.3 is 0 Å². The molecule has 5 rings (SSSR count). The first-order valence-corrected chi connectivity index (χ1v) is 12.9. The average molecular weight is 521 g/mol. The van der Waals surface area contributed by atoms with Crippen LogP contribution < -0.4 is 16.4 Å². The van der Waals surface area contributed by atoms with Crippen LogP contribution in [0.1, 0.15) is 40.3 Å². The molecule has 36 heavy (non-hydrogen) atoms. The van der Waals surface area contributed by atoms with Crippen molar-refractivity contribution in [3.63, 3.8) is 0 Å². The molecule has 9 nitrogen and oxygen atoms in total. The number of imidazole rings is 1. The molecule has 4 aromatic heterocycles. The first-order chi connectivity index (χ1) is 17.3. The number of nitrogen functional groups attached to an aromatic ring is 1. The molecule has 0 bridgehead atoms. The topological polar surface area (TPSA) is 135 Å². The van der Waals surface area contributed by atoms with E-state index in [1.165, 1.54) is 22.7 Å². The van der Waals surface area contributed by atoms with E-state index in [-0.39, 0.29) is 12.5 Å². The Labute approximate surface area is 214 Å². The van der Waals surface area contributed by atoms with Crippen LogP contribution in [0.3, 0.4) is 0 Å². The molecular formula is C25H24N6O3S2. The number of carbonyl (C=O) groups excluding carboxylic acids is 2. The molecule has 184 valence electrons. The maximum atomic E-state index is 13.3. The van der Waals surface area contributed by atoms with Crippen LogP contribution in [-0.2, 0) is 6.54 Å². The van der Waals surface area contributed by atoms with Crippen molar-refractivity contribution < 1.29 is 14.7 Å². The van der Waals surface area contributed by atoms with Crippen molar-refractivity contribution in [1.29, 1.82) is 0 Å². The second-order valence-corrected chi connectivity index (χ2v) is 10.8. The smallest absolute Gasteiger partial charge is 0.271 e. The summed E-state index contributed by atoms with van der Waals surface area (Å²) in [6, 6.07) is 11.0. The van der Waals surface area contributed by atoms with Crippen molar-refractivity contribution in [2.45, 2.75) is 25.9 Å². The second-order valence-electron chi connectivity index (χ2n) is 8.97. The van der Waals surface area contributed by atoms with Gasteiger partial charge in [-0.05, 0) is 55.1 Å². The molecule has 0 saturated carbocycles. The number of pyridine rings is 1. The summed E-state index contributed by atoms with van der Waals surface area (Å²) in [5.41, 5.74) is 8.96. The number of amides is 2. The van der Waals surface area contributed by atoms with E-state index in [4.69, 9.17) is 10.7 Å². The third-order valence-electron chi connectivity index (χ3n) is 5.67. The van der Waals surface area contributed by atoms with Gasteiger partial charge in [-0.3, -0.25) is 14.0 Å². The number of aliphatic hydroxyl groups excluding tert-OH is 1. The fraction of sp³-hybridized carbons (Fsp3) is 0.200. The predicted octanol–water partition coefficient (Wildman–Crippen LogP) is 3.69. The Hall–Kier alpha value is -3.80. The third kappa shape index (κ3) is 4.55. The van der Waals surface area contributed by atoms with Crippen molar-refractivity contribution in [2.24, 2.45) is 0 Å². The SMILES string of the molecule is CC(C)(CO)NC(=O)c1c(-c2ccsc2)nc2c(C(=O)NCc3ccc4nc(N)sc4c3)cccn12. The van der Waals surface area contributed by atoms with Gasteiger partial charge in [-0.25, -0.2) is 9.97 Å². The summed E-state index contributed by atoms with van der Waals surface area (Å²) >= 11 is 2.89. The van der Waals surface area contributed by atoms with E-state index in [0.717, 1.165) is 21.3 Å². The molecule has 5 N–H and O–H groups in total. The minimum Gasteiger partial charge on any atom is -0.394 e. The van der Waals surface area contributed by atoms with Gasteiger partial charge in [0.25, 0.3) is 11.8 Å². The number of carbonyl (C=O) groups is 2. The maximum absolute atomic E-state index is 13.3. The molecule has 0 atom stereocenters. The van der Waals surface area contributed by atoms with Crippen LogP contribution in [0.2, 0.25) is 0 Å². The first kappa shape index (κ1) is 23.9. The molecule has 5 aromatic rings. The Bertz CT molecular complexity index is 1590. The molecule has 1 aromatic carbocycles. The number of thiophene rings is 1. The van der Waals surface area contributed by atoms with E-state index in [0.29, 0.717) is 34.3 Å². The highest BCUT2D eigenvalue weighted by molar-refractivity contribution is 7.22. The number of anilines is 1. The van der Waals surface area contributed by atoms with Gasteiger partial charge in [0.2, 0.25) is 0 Å². The van der Waals surface area contributed by atoms with Gasteiger partial charge in [0, 0.05) is 23.7 Å². The van der Waals surface area contributed by atoms with Crippen molar-refractivity contribution in [3.05, 3.63) is 70.2 Å². The van der Waals surface area contributed by atoms with Crippen molar-refractivity contribution in [3.8, 4) is 11.3 Å². The van der Waals surface area contributed by atoms with Gasteiger partial charge in [-0.15, -0.1) is 0 Å². The molecule has 0 fully saturated rings. The molecular weight excluding hydrogens is 496 g/mol. The van der Waals surface area contributed by atoms with E-state index in [2.05, 4.69) is 15.6 Å². The Morgan fingerprint density at radius 3 is 2.75 bits per heavy atom. The number of aliphatic hydroxyl groups is 1. The Morgan fingerprint density at radius 2 is 2.00 bits per heavy atom. The summed E-state index contributed by atoms with van der Waals surface area (Å²) in [6.07, 6.45) is 1.71. The number of nitrogens with zero attached hydrogens (tertiary/aromatic N) is 3. The molecule has 11 heteroatoms. The predicted molar refractivity (Wildman–Crippen MR) is 142 cm³/mol. The highest BCUT2D eigenvalue weighted by Crippen LogP contribution is 2.28. The third-order valence-corrected chi connectivity index (χ3v) is 7.20. The summed E-state index contributed by atoms with van der Waals surface area (Å²) in [7, 11) is 0. The molecule has 0 aliphatic carbocycles. The number of hydrogen-bond donors (Lipinski definition) is 4. The second kappa shape index (κ2) is 9.34. The van der Waals surface area contributed by atoms with Crippen LogP contribution in [0, 0.1) is 0 Å². The molecule has 2 amide bonds. The zero-order valence-electron chi connectivity index (χ0n) is 19.6. The van der Waals surface area contributed by atoms with Crippen LogP contribution in [-0.4, -0.2) is 43.4 Å². The summed E-state index contributed by atoms with van der Waals surface area (Å²) < 4.78 is 2.58. The van der Waals surface area contributed by atoms with Crippen LogP contribution in [0.4, 0.5) is 5.13 Å². The molecule has 0 aliphatic rings. The number of rotatable bonds is 7. The Morgan fingerprint density at radius 1 is 1.17 bits per heavy atom. The van der Waals surface area contributed by atoms with Crippen LogP contribution in [0.15, 0.2) is 53.4 Å². The van der Waals surface area contributed by atoms with E-state index in [1.54, 1.807) is 36.6 Å². The summed E-state index contributed by atoms with van der Waals surface area (Å²) in [4.78, 5) is 35.5. The number of benzene rings is 1. The Kier molecular flexibility index (Phi) is 6.20. The van der Waals surface area contributed by atoms with Crippen molar-refractivity contribution in [2.75, 3.05) is 12.3 Å². The van der Waals surface area contributed by atoms with E-state index < -0.39 is 11.4 Å². The van der Waals surface area contributed by atoms with Crippen molar-refractivity contribution >= 4 is 55.5 Å². The molecule has 0 saturated heterocycles. The lowest BCUT2D eigenvalue weighted by molar-refractivity contribution is 0.0863. The lowest BCUT2D eigenvalue weighted by atomic mass is 10.1. The molecule has 0 aliphatic heterocycles. The minimum absolute atomic E-state index is 0.225. The summed E-state index contributed by atoms with van der Waals surface area (Å²) in [6.45, 7) is 3.55. The minimum atomic E-state index is -0.827. The number of nitrogens with two attached hydrogens (primary N) is 1. The van der Waals surface area contributed by atoms with Gasteiger partial charge in [-0.2, -0.15) is 11.3 Å². The Balaban J connectivity index is 1.49. The van der Waals surface area contributed by atoms with E-state index in [9.17, 15) is 14.7 Å². The maximum Gasteiger partial charge on any atom is 0.271 e. The van der Waals surface area contributed by atoms with Gasteiger partial charge in [0.15, 0.2) is 10.8 Å². The summed E-state index contributed by atoms with van der Waals surface area (Å²) in [5.74, 6) is -0.702. The number of aromatic nitrogens is 3. The van der Waals surface area contributed by atoms with Crippen LogP contribution in [0.25, 0.3) is 27.1 Å². The van der Waals surface area contributed by atoms with Crippen molar-refractivity contribution in [1.82, 2.24) is 25.0 Å². The van der Waals surface area contributed by atoms with Gasteiger partial charge in [0.05, 0.1) is 27.9 Å². The van der Waals surface area contributed by atoms with Gasteiger partial charge in [-0.1, -0.05) is 17.4 Å². The zero-order chi connectivity index (χ0) is 25.4. The standard InChI is InChI=1S/C25H24N6O3S2/c1-25(2,13-32)30-23(34)20-19(15-7-9-35-12-15)29-21-16(4-3-8-31(20)21)22(33)27-11-14-5-6-17-18(10-14)36-24(26)28-17/h3-10,12,32H,11,13H2,1-2H3,(H2,26,28)(H,27,33)(H,30,34). The monoisotopic (exact) mass is 520 g/mol.